The summed E-state index contributed by atoms with van der Waals surface area (Å²) in [5.74, 6) is 1.34. The third kappa shape index (κ3) is 3.71. The first-order valence-electron chi connectivity index (χ1n) is 6.30. The summed E-state index contributed by atoms with van der Waals surface area (Å²) in [6.07, 6.45) is 5.59. The smallest absolute Gasteiger partial charge is 0.232 e. The van der Waals surface area contributed by atoms with Crippen molar-refractivity contribution in [3.8, 4) is 0 Å². The lowest BCUT2D eigenvalue weighted by atomic mass is 9.97. The van der Waals surface area contributed by atoms with Gasteiger partial charge >= 0.3 is 0 Å². The molecule has 2 N–H and O–H groups in total. The number of carbonyl (C=O) groups is 1. The molecule has 0 spiro atoms. The third-order valence-electron chi connectivity index (χ3n) is 3.31. The van der Waals surface area contributed by atoms with Crippen molar-refractivity contribution in [2.75, 3.05) is 25.4 Å². The Balaban J connectivity index is 1.75. The zero-order chi connectivity index (χ0) is 12.8. The van der Waals surface area contributed by atoms with Crippen LogP contribution in [-0.4, -0.2) is 41.2 Å². The van der Waals surface area contributed by atoms with Gasteiger partial charge in [-0.2, -0.15) is 0 Å². The number of nitrogens with zero attached hydrogens (tertiary/aromatic N) is 2. The van der Waals surface area contributed by atoms with Crippen molar-refractivity contribution in [2.24, 2.45) is 11.7 Å². The van der Waals surface area contributed by atoms with E-state index in [-0.39, 0.29) is 5.91 Å². The Labute approximate surface area is 112 Å². The summed E-state index contributed by atoms with van der Waals surface area (Å²) in [7, 11) is 0. The van der Waals surface area contributed by atoms with Crippen molar-refractivity contribution in [1.82, 2.24) is 9.88 Å². The zero-order valence-corrected chi connectivity index (χ0v) is 11.2. The van der Waals surface area contributed by atoms with Crippen LogP contribution < -0.4 is 5.73 Å². The van der Waals surface area contributed by atoms with Gasteiger partial charge in [-0.1, -0.05) is 0 Å². The van der Waals surface area contributed by atoms with Gasteiger partial charge in [-0.15, -0.1) is 11.8 Å². The molecule has 1 aromatic rings. The Morgan fingerprint density at radius 3 is 2.67 bits per heavy atom. The number of likely N-dealkylation sites (tertiary alicyclic amines) is 1. The average Bonchev–Trinajstić information content (AvgIpc) is 2.46. The van der Waals surface area contributed by atoms with E-state index in [2.05, 4.69) is 4.98 Å². The predicted octanol–water partition coefficient (Wildman–Crippen LogP) is 1.37. The molecule has 2 rings (SSSR count). The first kappa shape index (κ1) is 13.4. The molecule has 0 aliphatic carbocycles. The van der Waals surface area contributed by atoms with Gasteiger partial charge in [0.15, 0.2) is 0 Å². The lowest BCUT2D eigenvalue weighted by molar-refractivity contribution is -0.129. The summed E-state index contributed by atoms with van der Waals surface area (Å²) in [6.45, 7) is 2.46. The standard InChI is InChI=1S/C13H19N3OS/c14-9-11-3-7-16(8-4-11)13(17)10-18-12-1-5-15-6-2-12/h1-2,5-6,11H,3-4,7-10,14H2. The monoisotopic (exact) mass is 265 g/mol. The van der Waals surface area contributed by atoms with Gasteiger partial charge in [-0.25, -0.2) is 0 Å². The van der Waals surface area contributed by atoms with Crippen LogP contribution in [0.4, 0.5) is 0 Å². The number of hydrogen-bond donors (Lipinski definition) is 1. The van der Waals surface area contributed by atoms with Crippen LogP contribution in [0, 0.1) is 5.92 Å². The second-order valence-electron chi connectivity index (χ2n) is 4.53. The molecular formula is C13H19N3OS. The Morgan fingerprint density at radius 1 is 1.39 bits per heavy atom. The van der Waals surface area contributed by atoms with Gasteiger partial charge in [0.2, 0.25) is 5.91 Å². The molecule has 2 heterocycles. The number of piperidine rings is 1. The van der Waals surface area contributed by atoms with Crippen molar-refractivity contribution in [2.45, 2.75) is 17.7 Å². The van der Waals surface area contributed by atoms with Crippen LogP contribution in [0.25, 0.3) is 0 Å². The van der Waals surface area contributed by atoms with Crippen molar-refractivity contribution in [1.29, 1.82) is 0 Å². The Kier molecular flexibility index (Phi) is 5.01. The number of rotatable bonds is 4. The van der Waals surface area contributed by atoms with Crippen LogP contribution in [0.15, 0.2) is 29.4 Å². The van der Waals surface area contributed by atoms with Gasteiger partial charge in [0.1, 0.15) is 0 Å². The number of aromatic nitrogens is 1. The predicted molar refractivity (Wildman–Crippen MR) is 73.3 cm³/mol. The van der Waals surface area contributed by atoms with E-state index in [4.69, 9.17) is 5.73 Å². The van der Waals surface area contributed by atoms with Gasteiger partial charge in [-0.3, -0.25) is 9.78 Å². The Morgan fingerprint density at radius 2 is 2.06 bits per heavy atom. The van der Waals surface area contributed by atoms with E-state index in [1.54, 1.807) is 24.2 Å². The van der Waals surface area contributed by atoms with E-state index < -0.39 is 0 Å². The molecule has 1 aliphatic heterocycles. The molecular weight excluding hydrogens is 246 g/mol. The minimum absolute atomic E-state index is 0.229. The lowest BCUT2D eigenvalue weighted by Crippen LogP contribution is -2.40. The van der Waals surface area contributed by atoms with Gasteiger partial charge in [-0.05, 0) is 37.4 Å². The highest BCUT2D eigenvalue weighted by molar-refractivity contribution is 8.00. The van der Waals surface area contributed by atoms with Crippen LogP contribution in [0.1, 0.15) is 12.8 Å². The minimum atomic E-state index is 0.229. The van der Waals surface area contributed by atoms with Crippen LogP contribution in [0.5, 0.6) is 0 Å². The second kappa shape index (κ2) is 6.75. The van der Waals surface area contributed by atoms with E-state index in [9.17, 15) is 4.79 Å². The van der Waals surface area contributed by atoms with Crippen molar-refractivity contribution in [3.05, 3.63) is 24.5 Å². The maximum absolute atomic E-state index is 12.0. The average molecular weight is 265 g/mol. The number of carbonyl (C=O) groups excluding carboxylic acids is 1. The van der Waals surface area contributed by atoms with Crippen LogP contribution in [-0.2, 0) is 4.79 Å². The summed E-state index contributed by atoms with van der Waals surface area (Å²) >= 11 is 1.57. The second-order valence-corrected chi connectivity index (χ2v) is 5.58. The van der Waals surface area contributed by atoms with Crippen molar-refractivity contribution in [3.63, 3.8) is 0 Å². The zero-order valence-electron chi connectivity index (χ0n) is 10.4. The maximum Gasteiger partial charge on any atom is 0.232 e. The molecule has 0 bridgehead atoms. The molecule has 4 nitrogen and oxygen atoms in total. The molecule has 0 unspecified atom stereocenters. The molecule has 1 aromatic heterocycles. The molecule has 0 atom stereocenters. The summed E-state index contributed by atoms with van der Waals surface area (Å²) in [4.78, 5) is 19.0. The van der Waals surface area contributed by atoms with E-state index in [1.165, 1.54) is 0 Å². The summed E-state index contributed by atoms with van der Waals surface area (Å²) in [5, 5.41) is 0. The number of hydrogen-bond acceptors (Lipinski definition) is 4. The molecule has 1 fully saturated rings. The van der Waals surface area contributed by atoms with Gasteiger partial charge in [0.05, 0.1) is 5.75 Å². The fraction of sp³-hybridized carbons (Fsp3) is 0.538. The van der Waals surface area contributed by atoms with Crippen molar-refractivity contribution >= 4 is 17.7 Å². The fourth-order valence-electron chi connectivity index (χ4n) is 2.09. The molecule has 18 heavy (non-hydrogen) atoms. The van der Waals surface area contributed by atoms with E-state index in [0.717, 1.165) is 37.4 Å². The van der Waals surface area contributed by atoms with Gasteiger partial charge < -0.3 is 10.6 Å². The summed E-state index contributed by atoms with van der Waals surface area (Å²) in [5.41, 5.74) is 5.65. The molecule has 1 amide bonds. The highest BCUT2D eigenvalue weighted by atomic mass is 32.2. The fourth-order valence-corrected chi connectivity index (χ4v) is 2.88. The number of thioether (sulfide) groups is 1. The van der Waals surface area contributed by atoms with Gasteiger partial charge in [0.25, 0.3) is 0 Å². The van der Waals surface area contributed by atoms with Crippen molar-refractivity contribution < 1.29 is 4.79 Å². The normalized spacial score (nSPS) is 16.8. The molecule has 0 radical (unpaired) electrons. The molecule has 0 aromatic carbocycles. The van der Waals surface area contributed by atoms with E-state index in [1.807, 2.05) is 17.0 Å². The number of nitrogens with two attached hydrogens (primary N) is 1. The first-order chi connectivity index (χ1) is 8.79. The SMILES string of the molecule is NCC1CCN(C(=O)CSc2ccncc2)CC1. The molecule has 1 saturated heterocycles. The highest BCUT2D eigenvalue weighted by Gasteiger charge is 2.21. The quantitative estimate of drug-likeness (QED) is 0.835. The lowest BCUT2D eigenvalue weighted by Gasteiger charge is -2.31. The number of amides is 1. The maximum atomic E-state index is 12.0. The summed E-state index contributed by atoms with van der Waals surface area (Å²) < 4.78 is 0. The minimum Gasteiger partial charge on any atom is -0.342 e. The Hall–Kier alpha value is -1.07. The number of pyridine rings is 1. The van der Waals surface area contributed by atoms with Crippen LogP contribution >= 0.6 is 11.8 Å². The molecule has 1 aliphatic rings. The van der Waals surface area contributed by atoms with E-state index >= 15 is 0 Å². The van der Waals surface area contributed by atoms with E-state index in [0.29, 0.717) is 11.7 Å². The molecule has 5 heteroatoms. The topological polar surface area (TPSA) is 59.2 Å². The first-order valence-corrected chi connectivity index (χ1v) is 7.29. The van der Waals surface area contributed by atoms with Crippen LogP contribution in [0.2, 0.25) is 0 Å². The molecule has 98 valence electrons. The van der Waals surface area contributed by atoms with Crippen LogP contribution in [0.3, 0.4) is 0 Å². The molecule has 0 saturated carbocycles. The summed E-state index contributed by atoms with van der Waals surface area (Å²) in [6, 6.07) is 3.86. The third-order valence-corrected chi connectivity index (χ3v) is 4.31. The Bertz CT molecular complexity index is 377. The largest absolute Gasteiger partial charge is 0.342 e. The highest BCUT2D eigenvalue weighted by Crippen LogP contribution is 2.20. The van der Waals surface area contributed by atoms with Gasteiger partial charge in [0, 0.05) is 30.4 Å².